The van der Waals surface area contributed by atoms with Gasteiger partial charge < -0.3 is 25.1 Å². The summed E-state index contributed by atoms with van der Waals surface area (Å²) >= 11 is 0. The summed E-state index contributed by atoms with van der Waals surface area (Å²) in [5, 5.41) is 11.3. The number of aliphatic hydroxyl groups is 1. The Balaban J connectivity index is 2.08. The molecule has 0 aromatic carbocycles. The van der Waals surface area contributed by atoms with Crippen molar-refractivity contribution in [3.8, 4) is 12.3 Å². The second-order valence-electron chi connectivity index (χ2n) is 8.18. The van der Waals surface area contributed by atoms with Crippen molar-refractivity contribution in [2.45, 2.75) is 51.5 Å². The summed E-state index contributed by atoms with van der Waals surface area (Å²) in [5.41, 5.74) is 4.11. The van der Waals surface area contributed by atoms with Gasteiger partial charge in [-0.05, 0) is 6.07 Å². The number of nitrogens with zero attached hydrogens (tertiary/aromatic N) is 3. The fourth-order valence-corrected chi connectivity index (χ4v) is 3.21. The molecule has 0 amide bonds. The smallest absolute Gasteiger partial charge is 0.308 e. The number of anilines is 1. The number of imidazole rings is 1. The lowest BCUT2D eigenvalue weighted by Gasteiger charge is -2.30. The number of pyridine rings is 1. The van der Waals surface area contributed by atoms with Crippen LogP contribution in [0.25, 0.3) is 11.2 Å². The summed E-state index contributed by atoms with van der Waals surface area (Å²) in [6.07, 6.45) is 4.55. The average molecular weight is 448 g/mol. The molecule has 0 spiro atoms. The molecule has 4 atom stereocenters. The second kappa shape index (κ2) is 8.37. The predicted octanol–water partition coefficient (Wildman–Crippen LogP) is 1.34. The molecular weight excluding hydrogens is 423 g/mol. The zero-order valence-electron chi connectivity index (χ0n) is 18.1. The van der Waals surface area contributed by atoms with E-state index in [2.05, 4.69) is 15.9 Å². The number of halogens is 1. The van der Waals surface area contributed by atoms with Gasteiger partial charge in [-0.25, -0.2) is 14.4 Å². The van der Waals surface area contributed by atoms with Gasteiger partial charge in [-0.1, -0.05) is 33.6 Å². The van der Waals surface area contributed by atoms with E-state index in [1.165, 1.54) is 37.0 Å². The molecule has 0 bridgehead atoms. The van der Waals surface area contributed by atoms with Crippen molar-refractivity contribution in [3.63, 3.8) is 0 Å². The Morgan fingerprint density at radius 1 is 1.34 bits per heavy atom. The number of terminal acetylenes is 1. The summed E-state index contributed by atoms with van der Waals surface area (Å²) in [6.45, 7) is 5.21. The molecule has 3 rings (SSSR count). The molecule has 0 unspecified atom stereocenters. The molecule has 0 aliphatic carbocycles. The molecule has 2 aromatic rings. The highest BCUT2D eigenvalue weighted by Crippen LogP contribution is 2.48. The van der Waals surface area contributed by atoms with Crippen molar-refractivity contribution < 1.29 is 33.3 Å². The third-order valence-electron chi connectivity index (χ3n) is 5.04. The van der Waals surface area contributed by atoms with E-state index in [9.17, 15) is 14.7 Å². The molecule has 10 nitrogen and oxygen atoms in total. The second-order valence-corrected chi connectivity index (χ2v) is 8.18. The van der Waals surface area contributed by atoms with Crippen LogP contribution in [-0.2, 0) is 23.8 Å². The van der Waals surface area contributed by atoms with E-state index < -0.39 is 54.2 Å². The van der Waals surface area contributed by atoms with Crippen LogP contribution in [0.5, 0.6) is 0 Å². The van der Waals surface area contributed by atoms with Gasteiger partial charge in [0.15, 0.2) is 18.5 Å². The van der Waals surface area contributed by atoms with Crippen molar-refractivity contribution in [2.75, 3.05) is 12.3 Å². The first-order chi connectivity index (χ1) is 14.9. The highest BCUT2D eigenvalue weighted by atomic mass is 19.2. The molecule has 1 aliphatic rings. The summed E-state index contributed by atoms with van der Waals surface area (Å²) in [7, 11) is 0. The number of hydrogen-bond donors (Lipinski definition) is 2. The Kier molecular flexibility index (Phi) is 6.13. The van der Waals surface area contributed by atoms with Gasteiger partial charge in [-0.2, -0.15) is 0 Å². The number of hydrogen-bond acceptors (Lipinski definition) is 9. The van der Waals surface area contributed by atoms with Crippen molar-refractivity contribution >= 4 is 28.8 Å². The number of nitrogen functional groups attached to an aromatic ring is 1. The number of fused-ring (bicyclic) bond motifs is 1. The number of alkyl halides is 1. The Hall–Kier alpha value is -3.23. The van der Waals surface area contributed by atoms with Crippen LogP contribution in [0, 0.1) is 24.2 Å². The van der Waals surface area contributed by atoms with E-state index in [1.807, 2.05) is 0 Å². The van der Waals surface area contributed by atoms with Crippen LogP contribution >= 0.6 is 0 Å². The molecule has 1 fully saturated rings. The number of ether oxygens (including phenoxy) is 3. The van der Waals surface area contributed by atoms with Crippen LogP contribution in [-0.4, -0.2) is 55.7 Å². The maximum absolute atomic E-state index is 16.1. The Morgan fingerprint density at radius 2 is 2.00 bits per heavy atom. The van der Waals surface area contributed by atoms with E-state index in [-0.39, 0.29) is 16.9 Å². The minimum Gasteiger partial charge on any atom is -0.459 e. The van der Waals surface area contributed by atoms with Crippen LogP contribution in [0.2, 0.25) is 0 Å². The highest BCUT2D eigenvalue weighted by Gasteiger charge is 2.68. The fourth-order valence-electron chi connectivity index (χ4n) is 3.21. The van der Waals surface area contributed by atoms with Crippen LogP contribution in [0.4, 0.5) is 10.1 Å². The van der Waals surface area contributed by atoms with Crippen LogP contribution < -0.4 is 5.73 Å². The standard InChI is InChI=1S/C21H25FN4O6/c1-6-20(29)18(31-17(28)12(4)5)21(22,9-30-16(27)11(2)3)32-19(20)26-10-25-14-13(23)7-8-24-15(14)26/h1,7-8,10-12,18-19,29H,9H2,2-5H3,(H2,23,24)/t18-,19+,20+,21+/m0/s1. The number of rotatable bonds is 6. The van der Waals surface area contributed by atoms with Gasteiger partial charge in [0.1, 0.15) is 5.52 Å². The zero-order chi connectivity index (χ0) is 23.8. The molecule has 2 aromatic heterocycles. The van der Waals surface area contributed by atoms with Gasteiger partial charge >= 0.3 is 11.9 Å². The number of carbonyl (C=O) groups is 2. The first-order valence-electron chi connectivity index (χ1n) is 9.95. The number of esters is 2. The van der Waals surface area contributed by atoms with Crippen LogP contribution in [0.3, 0.4) is 0 Å². The number of carbonyl (C=O) groups excluding carboxylic acids is 2. The molecular formula is C21H25FN4O6. The largest absolute Gasteiger partial charge is 0.459 e. The van der Waals surface area contributed by atoms with Gasteiger partial charge in [-0.3, -0.25) is 14.2 Å². The molecule has 11 heteroatoms. The normalized spacial score (nSPS) is 27.6. The fraction of sp³-hybridized carbons (Fsp3) is 0.524. The lowest BCUT2D eigenvalue weighted by Crippen LogP contribution is -2.53. The SMILES string of the molecule is C#C[C@]1(O)[C@H](n2cnc3c(N)ccnc32)O[C@](F)(COC(=O)C(C)C)[C@H]1OC(=O)C(C)C. The average Bonchev–Trinajstić information content (AvgIpc) is 3.26. The molecule has 32 heavy (non-hydrogen) atoms. The Morgan fingerprint density at radius 3 is 2.59 bits per heavy atom. The van der Waals surface area contributed by atoms with Crippen LogP contribution in [0.15, 0.2) is 18.6 Å². The summed E-state index contributed by atoms with van der Waals surface area (Å²) in [4.78, 5) is 32.5. The van der Waals surface area contributed by atoms with Crippen molar-refractivity contribution in [1.82, 2.24) is 14.5 Å². The molecule has 0 radical (unpaired) electrons. The van der Waals surface area contributed by atoms with E-state index in [4.69, 9.17) is 26.4 Å². The molecule has 1 aliphatic heterocycles. The van der Waals surface area contributed by atoms with Gasteiger partial charge in [-0.15, -0.1) is 6.42 Å². The monoisotopic (exact) mass is 448 g/mol. The zero-order valence-corrected chi connectivity index (χ0v) is 18.1. The first-order valence-corrected chi connectivity index (χ1v) is 9.95. The first kappa shape index (κ1) is 23.4. The Bertz CT molecular complexity index is 1080. The summed E-state index contributed by atoms with van der Waals surface area (Å²) < 4.78 is 33.1. The molecule has 3 heterocycles. The van der Waals surface area contributed by atoms with Crippen molar-refractivity contribution in [3.05, 3.63) is 18.6 Å². The predicted molar refractivity (Wildman–Crippen MR) is 110 cm³/mol. The van der Waals surface area contributed by atoms with Gasteiger partial charge in [0.25, 0.3) is 5.85 Å². The minimum absolute atomic E-state index is 0.154. The van der Waals surface area contributed by atoms with Gasteiger partial charge in [0.2, 0.25) is 11.7 Å². The third kappa shape index (κ3) is 3.87. The lowest BCUT2D eigenvalue weighted by atomic mass is 9.93. The lowest BCUT2D eigenvalue weighted by molar-refractivity contribution is -0.225. The highest BCUT2D eigenvalue weighted by molar-refractivity contribution is 5.83. The third-order valence-corrected chi connectivity index (χ3v) is 5.04. The number of aromatic nitrogens is 3. The molecule has 0 saturated carbocycles. The van der Waals surface area contributed by atoms with E-state index in [0.29, 0.717) is 0 Å². The van der Waals surface area contributed by atoms with Gasteiger partial charge in [0.05, 0.1) is 23.9 Å². The summed E-state index contributed by atoms with van der Waals surface area (Å²) in [6, 6.07) is 1.51. The van der Waals surface area contributed by atoms with E-state index in [0.717, 1.165) is 0 Å². The Labute approximate surface area is 183 Å². The quantitative estimate of drug-likeness (QED) is 0.495. The van der Waals surface area contributed by atoms with Gasteiger partial charge in [0, 0.05) is 6.20 Å². The molecule has 3 N–H and O–H groups in total. The molecule has 172 valence electrons. The minimum atomic E-state index is -2.96. The van der Waals surface area contributed by atoms with Crippen molar-refractivity contribution in [2.24, 2.45) is 11.8 Å². The van der Waals surface area contributed by atoms with Crippen molar-refractivity contribution in [1.29, 1.82) is 0 Å². The van der Waals surface area contributed by atoms with E-state index >= 15 is 4.39 Å². The van der Waals surface area contributed by atoms with Crippen LogP contribution in [0.1, 0.15) is 33.9 Å². The maximum Gasteiger partial charge on any atom is 0.308 e. The molecule has 1 saturated heterocycles. The maximum atomic E-state index is 16.1. The topological polar surface area (TPSA) is 139 Å². The van der Waals surface area contributed by atoms with E-state index in [1.54, 1.807) is 13.8 Å². The summed E-state index contributed by atoms with van der Waals surface area (Å²) in [5.74, 6) is -3.63. The number of nitrogens with two attached hydrogens (primary N) is 1.